The van der Waals surface area contributed by atoms with Crippen LogP contribution in [0.4, 0.5) is 0 Å². The molecule has 1 N–H and O–H groups in total. The van der Waals surface area contributed by atoms with E-state index in [1.54, 1.807) is 0 Å². The molecule has 0 saturated heterocycles. The fourth-order valence-corrected chi connectivity index (χ4v) is 4.78. The lowest BCUT2D eigenvalue weighted by Crippen LogP contribution is -2.37. The van der Waals surface area contributed by atoms with Gasteiger partial charge < -0.3 is 25.8 Å². The third kappa shape index (κ3) is 28.9. The van der Waals surface area contributed by atoms with Crippen LogP contribution in [0.3, 0.4) is 0 Å². The van der Waals surface area contributed by atoms with Gasteiger partial charge in [0.05, 0.1) is 27.7 Å². The zero-order valence-corrected chi connectivity index (χ0v) is 28.1. The largest absolute Gasteiger partial charge is 0.472 e. The second kappa shape index (κ2) is 26.2. The number of rotatable bonds is 29. The SMILES string of the molecule is [CH2-]CCCCCCCCC(=O)OC[C@H](COP(=O)(O)OCC[N+](C)(C)C)OC(=O)CCCCCCC/C=C\CCCC. The molecule has 0 rings (SSSR count). The van der Waals surface area contributed by atoms with Crippen molar-refractivity contribution in [1.82, 2.24) is 0 Å². The molecule has 9 nitrogen and oxygen atoms in total. The summed E-state index contributed by atoms with van der Waals surface area (Å²) in [5.74, 6) is -0.833. The van der Waals surface area contributed by atoms with Gasteiger partial charge in [-0.25, -0.2) is 4.57 Å². The van der Waals surface area contributed by atoms with Gasteiger partial charge in [-0.05, 0) is 32.1 Å². The number of phosphoric ester groups is 1. The van der Waals surface area contributed by atoms with E-state index in [0.29, 0.717) is 17.4 Å². The molecule has 0 aromatic carbocycles. The number of carbonyl (C=O) groups excluding carboxylic acids is 2. The molecule has 0 saturated carbocycles. The minimum atomic E-state index is -4.36. The summed E-state index contributed by atoms with van der Waals surface area (Å²) in [6.07, 6.45) is 20.8. The molecule has 42 heavy (non-hydrogen) atoms. The number of phosphoric acid groups is 1. The summed E-state index contributed by atoms with van der Waals surface area (Å²) >= 11 is 0. The van der Waals surface area contributed by atoms with Crippen molar-refractivity contribution < 1.29 is 42.1 Å². The summed E-state index contributed by atoms with van der Waals surface area (Å²) in [6, 6.07) is 0. The first kappa shape index (κ1) is 40.8. The lowest BCUT2D eigenvalue weighted by atomic mass is 10.1. The first-order valence-electron chi connectivity index (χ1n) is 16.2. The van der Waals surface area contributed by atoms with Gasteiger partial charge in [0.25, 0.3) is 0 Å². The van der Waals surface area contributed by atoms with Crippen LogP contribution in [-0.2, 0) is 32.7 Å². The van der Waals surface area contributed by atoms with Crippen molar-refractivity contribution in [3.63, 3.8) is 0 Å². The third-order valence-corrected chi connectivity index (χ3v) is 7.68. The normalized spacial score (nSPS) is 14.1. The summed E-state index contributed by atoms with van der Waals surface area (Å²) in [6.45, 7) is 5.93. The lowest BCUT2D eigenvalue weighted by molar-refractivity contribution is -0.870. The second-order valence-electron chi connectivity index (χ2n) is 12.1. The summed E-state index contributed by atoms with van der Waals surface area (Å²) < 4.78 is 33.8. The number of esters is 2. The molecule has 0 amide bonds. The van der Waals surface area contributed by atoms with E-state index < -0.39 is 26.5 Å². The van der Waals surface area contributed by atoms with Crippen LogP contribution in [0.1, 0.15) is 122 Å². The van der Waals surface area contributed by atoms with Gasteiger partial charge in [-0.3, -0.25) is 18.6 Å². The Bertz CT molecular complexity index is 753. The predicted molar refractivity (Wildman–Crippen MR) is 169 cm³/mol. The smallest absolute Gasteiger partial charge is 0.462 e. The maximum Gasteiger partial charge on any atom is 0.472 e. The maximum atomic E-state index is 12.5. The molecule has 0 fully saturated rings. The van der Waals surface area contributed by atoms with Gasteiger partial charge in [-0.1, -0.05) is 83.3 Å². The van der Waals surface area contributed by atoms with Gasteiger partial charge in [-0.15, -0.1) is 0 Å². The van der Waals surface area contributed by atoms with Crippen molar-refractivity contribution in [2.75, 3.05) is 47.5 Å². The maximum absolute atomic E-state index is 12.5. The van der Waals surface area contributed by atoms with Crippen molar-refractivity contribution in [3.05, 3.63) is 19.1 Å². The molecule has 0 bridgehead atoms. The molecule has 0 aliphatic carbocycles. The number of nitrogens with zero attached hydrogens (tertiary/aromatic N) is 1. The number of allylic oxidation sites excluding steroid dienone is 2. The van der Waals surface area contributed by atoms with Crippen molar-refractivity contribution in [2.24, 2.45) is 0 Å². The van der Waals surface area contributed by atoms with Gasteiger partial charge >= 0.3 is 19.8 Å². The molecular weight excluding hydrogens is 557 g/mol. The second-order valence-corrected chi connectivity index (χ2v) is 13.5. The van der Waals surface area contributed by atoms with Gasteiger partial charge in [-0.2, -0.15) is 6.42 Å². The van der Waals surface area contributed by atoms with Crippen LogP contribution in [-0.4, -0.2) is 74.9 Å². The fourth-order valence-electron chi connectivity index (χ4n) is 4.04. The van der Waals surface area contributed by atoms with E-state index >= 15 is 0 Å². The summed E-state index contributed by atoms with van der Waals surface area (Å²) in [4.78, 5) is 34.8. The Morgan fingerprint density at radius 3 is 1.93 bits per heavy atom. The highest BCUT2D eigenvalue weighted by Gasteiger charge is 2.27. The minimum absolute atomic E-state index is 0.0290. The Morgan fingerprint density at radius 2 is 1.33 bits per heavy atom. The number of likely N-dealkylation sites (N-methyl/N-ethyl adjacent to an activating group) is 1. The highest BCUT2D eigenvalue weighted by atomic mass is 31.2. The molecule has 0 aromatic rings. The Morgan fingerprint density at radius 1 is 0.786 bits per heavy atom. The van der Waals surface area contributed by atoms with E-state index in [1.165, 1.54) is 12.8 Å². The molecule has 0 radical (unpaired) electrons. The molecule has 0 aliphatic heterocycles. The van der Waals surface area contributed by atoms with Crippen LogP contribution in [0.25, 0.3) is 0 Å². The Hall–Kier alpha value is -1.25. The number of carbonyl (C=O) groups is 2. The van der Waals surface area contributed by atoms with E-state index in [2.05, 4.69) is 26.0 Å². The van der Waals surface area contributed by atoms with Crippen LogP contribution in [0, 0.1) is 6.92 Å². The molecule has 0 aliphatic rings. The lowest BCUT2D eigenvalue weighted by Gasteiger charge is -2.24. The predicted octanol–water partition coefficient (Wildman–Crippen LogP) is 7.71. The molecule has 0 heterocycles. The molecule has 10 heteroatoms. The van der Waals surface area contributed by atoms with Crippen LogP contribution >= 0.6 is 7.82 Å². The standard InChI is InChI=1S/C32H62NO8P/c1-6-8-10-12-14-15-16-17-19-21-23-25-32(35)41-30(29-40-42(36,37)39-27-26-33(3,4)5)28-38-31(34)24-22-20-18-13-11-9-7-2/h12,14,30H,2,6-11,13,15-29H2,1,3-5H3,(H,36,37)/b14-12-/t30-/m1/s1. The van der Waals surface area contributed by atoms with E-state index in [4.69, 9.17) is 18.5 Å². The molecule has 0 aromatic heterocycles. The van der Waals surface area contributed by atoms with Crippen LogP contribution in [0.2, 0.25) is 0 Å². The molecule has 0 spiro atoms. The Labute approximate surface area is 256 Å². The zero-order valence-electron chi connectivity index (χ0n) is 27.2. The summed E-state index contributed by atoms with van der Waals surface area (Å²) in [5, 5.41) is 0. The monoisotopic (exact) mass is 619 g/mol. The fraction of sp³-hybridized carbons (Fsp3) is 0.844. The third-order valence-electron chi connectivity index (χ3n) is 6.69. The molecule has 1 unspecified atom stereocenters. The Balaban J connectivity index is 4.53. The average molecular weight is 620 g/mol. The van der Waals surface area contributed by atoms with E-state index in [-0.39, 0.29) is 32.0 Å². The van der Waals surface area contributed by atoms with Gasteiger partial charge in [0.1, 0.15) is 19.8 Å². The van der Waals surface area contributed by atoms with E-state index in [1.807, 2.05) is 21.1 Å². The summed E-state index contributed by atoms with van der Waals surface area (Å²) in [7, 11) is 1.46. The van der Waals surface area contributed by atoms with Crippen molar-refractivity contribution in [1.29, 1.82) is 0 Å². The average Bonchev–Trinajstić information content (AvgIpc) is 2.92. The van der Waals surface area contributed by atoms with Crippen LogP contribution in [0.15, 0.2) is 12.2 Å². The summed E-state index contributed by atoms with van der Waals surface area (Å²) in [5.41, 5.74) is 0. The highest BCUT2D eigenvalue weighted by molar-refractivity contribution is 7.47. The van der Waals surface area contributed by atoms with Crippen molar-refractivity contribution in [2.45, 2.75) is 129 Å². The van der Waals surface area contributed by atoms with Gasteiger partial charge in [0.2, 0.25) is 0 Å². The van der Waals surface area contributed by atoms with Crippen LogP contribution < -0.4 is 0 Å². The number of unbranched alkanes of at least 4 members (excludes halogenated alkanes) is 13. The molecule has 248 valence electrons. The van der Waals surface area contributed by atoms with Crippen molar-refractivity contribution >= 4 is 19.8 Å². The van der Waals surface area contributed by atoms with E-state index in [9.17, 15) is 19.0 Å². The number of hydrogen-bond donors (Lipinski definition) is 1. The topological polar surface area (TPSA) is 108 Å². The Kier molecular flexibility index (Phi) is 25.4. The quantitative estimate of drug-likeness (QED) is 0.0226. The highest BCUT2D eigenvalue weighted by Crippen LogP contribution is 2.43. The zero-order chi connectivity index (χ0) is 31.5. The number of hydrogen-bond acceptors (Lipinski definition) is 7. The van der Waals surface area contributed by atoms with Crippen LogP contribution in [0.5, 0.6) is 0 Å². The first-order valence-corrected chi connectivity index (χ1v) is 17.7. The first-order chi connectivity index (χ1) is 20.0. The minimum Gasteiger partial charge on any atom is -0.462 e. The molecule has 2 atom stereocenters. The van der Waals surface area contributed by atoms with Gasteiger partial charge in [0, 0.05) is 12.8 Å². The molecular formula is C32H62NO8P. The number of ether oxygens (including phenoxy) is 2. The van der Waals surface area contributed by atoms with Gasteiger partial charge in [0.15, 0.2) is 6.10 Å². The van der Waals surface area contributed by atoms with E-state index in [0.717, 1.165) is 83.5 Å². The van der Waals surface area contributed by atoms with Crippen molar-refractivity contribution in [3.8, 4) is 0 Å². The number of quaternary nitrogens is 1.